The predicted molar refractivity (Wildman–Crippen MR) is 137 cm³/mol. The number of carbonyl (C=O) groups excluding carboxylic acids is 2. The van der Waals surface area contributed by atoms with Crippen molar-refractivity contribution in [2.24, 2.45) is 5.92 Å². The van der Waals surface area contributed by atoms with Crippen molar-refractivity contribution in [2.75, 3.05) is 32.8 Å². The van der Waals surface area contributed by atoms with E-state index in [1.807, 2.05) is 36.4 Å². The number of carbonyl (C=O) groups is 2. The van der Waals surface area contributed by atoms with Gasteiger partial charge in [-0.25, -0.2) is 0 Å². The lowest BCUT2D eigenvalue weighted by Crippen LogP contribution is -2.32. The molecule has 0 fully saturated rings. The van der Waals surface area contributed by atoms with Crippen LogP contribution in [0.3, 0.4) is 0 Å². The average molecular weight is 498 g/mol. The number of methoxy groups -OCH3 is 2. The van der Waals surface area contributed by atoms with Crippen molar-refractivity contribution in [1.29, 1.82) is 0 Å². The second-order valence-corrected chi connectivity index (χ2v) is 8.57. The lowest BCUT2D eigenvalue weighted by Gasteiger charge is -2.28. The average Bonchev–Trinajstić information content (AvgIpc) is 2.87. The summed E-state index contributed by atoms with van der Waals surface area (Å²) in [6.07, 6.45) is 5.12. The van der Waals surface area contributed by atoms with E-state index in [-0.39, 0.29) is 24.1 Å². The van der Waals surface area contributed by atoms with Gasteiger partial charge in [-0.05, 0) is 37.0 Å². The van der Waals surface area contributed by atoms with Gasteiger partial charge in [-0.15, -0.1) is 0 Å². The van der Waals surface area contributed by atoms with Gasteiger partial charge in [-0.2, -0.15) is 0 Å². The molecule has 1 aromatic heterocycles. The third-order valence-corrected chi connectivity index (χ3v) is 6.00. The number of allylic oxidation sites excluding steroid dienone is 1. The second kappa shape index (κ2) is 13.6. The van der Waals surface area contributed by atoms with E-state index in [9.17, 15) is 9.59 Å². The Hall–Kier alpha value is -3.30. The van der Waals surface area contributed by atoms with Crippen molar-refractivity contribution < 1.29 is 23.8 Å². The standard InChI is InChI=1S/C26H31N3O5S/c1-32-12-13-34-23-17-27-11-10-19(23)16-28-21-14-18(8-9-24(31)33-2)15-22(30)25(21)26(35)29-20-6-4-3-5-7-20/h3-7,10-11,17-18,28H,8-9,12-16H2,1-2H3,(H,29,35). The summed E-state index contributed by atoms with van der Waals surface area (Å²) >= 11 is 5.65. The third-order valence-electron chi connectivity index (χ3n) is 5.70. The Labute approximate surface area is 211 Å². The Bertz CT molecular complexity index is 1060. The Morgan fingerprint density at radius 2 is 1.94 bits per heavy atom. The molecule has 8 nitrogen and oxygen atoms in total. The van der Waals surface area contributed by atoms with E-state index >= 15 is 0 Å². The van der Waals surface area contributed by atoms with Crippen LogP contribution in [0.2, 0.25) is 0 Å². The normalized spacial score (nSPS) is 15.5. The summed E-state index contributed by atoms with van der Waals surface area (Å²) in [5.41, 5.74) is 2.94. The second-order valence-electron chi connectivity index (χ2n) is 8.16. The van der Waals surface area contributed by atoms with E-state index in [0.717, 1.165) is 16.9 Å². The molecule has 1 atom stereocenters. The molecular weight excluding hydrogens is 466 g/mol. The van der Waals surface area contributed by atoms with Crippen LogP contribution in [0.5, 0.6) is 5.75 Å². The maximum absolute atomic E-state index is 13.2. The van der Waals surface area contributed by atoms with Gasteiger partial charge in [0.15, 0.2) is 5.78 Å². The number of aromatic nitrogens is 1. The van der Waals surface area contributed by atoms with Crippen LogP contribution in [0.15, 0.2) is 60.1 Å². The smallest absolute Gasteiger partial charge is 0.305 e. The maximum Gasteiger partial charge on any atom is 0.305 e. The molecule has 1 heterocycles. The van der Waals surface area contributed by atoms with Gasteiger partial charge < -0.3 is 24.8 Å². The number of hydrogen-bond acceptors (Lipinski definition) is 8. The zero-order valence-corrected chi connectivity index (χ0v) is 20.9. The number of benzene rings is 1. The van der Waals surface area contributed by atoms with Crippen LogP contribution in [0.1, 0.15) is 31.2 Å². The topological polar surface area (TPSA) is 98.8 Å². The fraction of sp³-hybridized carbons (Fsp3) is 0.385. The summed E-state index contributed by atoms with van der Waals surface area (Å²) in [5.74, 6) is 0.335. The summed E-state index contributed by atoms with van der Waals surface area (Å²) in [7, 11) is 2.99. The number of nitrogens with zero attached hydrogens (tertiary/aromatic N) is 1. The Morgan fingerprint density at radius 3 is 2.69 bits per heavy atom. The molecule has 0 saturated heterocycles. The van der Waals surface area contributed by atoms with Gasteiger partial charge in [-0.1, -0.05) is 30.4 Å². The number of nitrogens with one attached hydrogen (secondary N) is 2. The quantitative estimate of drug-likeness (QED) is 0.258. The van der Waals surface area contributed by atoms with Gasteiger partial charge in [-0.3, -0.25) is 14.6 Å². The van der Waals surface area contributed by atoms with Crippen molar-refractivity contribution in [3.05, 3.63) is 65.6 Å². The highest BCUT2D eigenvalue weighted by Crippen LogP contribution is 2.31. The number of ether oxygens (including phenoxy) is 3. The fourth-order valence-electron chi connectivity index (χ4n) is 3.88. The summed E-state index contributed by atoms with van der Waals surface area (Å²) < 4.78 is 15.6. The van der Waals surface area contributed by atoms with Crippen LogP contribution in [0.25, 0.3) is 0 Å². The van der Waals surface area contributed by atoms with E-state index in [0.29, 0.717) is 55.3 Å². The number of anilines is 1. The van der Waals surface area contributed by atoms with E-state index in [2.05, 4.69) is 15.6 Å². The first kappa shape index (κ1) is 26.3. The van der Waals surface area contributed by atoms with E-state index in [4.69, 9.17) is 26.4 Å². The zero-order chi connectivity index (χ0) is 25.0. The Morgan fingerprint density at radius 1 is 1.14 bits per heavy atom. The Balaban J connectivity index is 1.81. The van der Waals surface area contributed by atoms with Gasteiger partial charge in [0, 0.05) is 49.6 Å². The van der Waals surface area contributed by atoms with Crippen LogP contribution in [-0.4, -0.2) is 49.2 Å². The molecule has 1 unspecified atom stereocenters. The van der Waals surface area contributed by atoms with Crippen LogP contribution in [-0.2, 0) is 25.6 Å². The lowest BCUT2D eigenvalue weighted by molar-refractivity contribution is -0.141. The molecule has 0 spiro atoms. The Kier molecular flexibility index (Phi) is 10.2. The van der Waals surface area contributed by atoms with Gasteiger partial charge >= 0.3 is 5.97 Å². The van der Waals surface area contributed by atoms with E-state index in [1.54, 1.807) is 19.5 Å². The summed E-state index contributed by atoms with van der Waals surface area (Å²) in [6.45, 7) is 1.30. The van der Waals surface area contributed by atoms with Crippen LogP contribution < -0.4 is 15.4 Å². The zero-order valence-electron chi connectivity index (χ0n) is 20.0. The number of rotatable bonds is 12. The van der Waals surface area contributed by atoms with Gasteiger partial charge in [0.05, 0.1) is 25.5 Å². The third kappa shape index (κ3) is 7.87. The minimum absolute atomic E-state index is 0.0160. The van der Waals surface area contributed by atoms with E-state index in [1.165, 1.54) is 7.11 Å². The number of esters is 1. The first-order valence-corrected chi connectivity index (χ1v) is 11.9. The van der Waals surface area contributed by atoms with Crippen molar-refractivity contribution in [1.82, 2.24) is 10.3 Å². The molecule has 9 heteroatoms. The number of para-hydroxylation sites is 1. The monoisotopic (exact) mass is 497 g/mol. The number of hydrogen-bond donors (Lipinski definition) is 2. The molecule has 1 aliphatic rings. The maximum atomic E-state index is 13.2. The number of thiocarbonyl (C=S) groups is 1. The van der Waals surface area contributed by atoms with Crippen molar-refractivity contribution in [3.63, 3.8) is 0 Å². The van der Waals surface area contributed by atoms with Crippen LogP contribution in [0, 0.1) is 5.92 Å². The van der Waals surface area contributed by atoms with Crippen molar-refractivity contribution >= 4 is 34.6 Å². The highest BCUT2D eigenvalue weighted by Gasteiger charge is 2.30. The van der Waals surface area contributed by atoms with Crippen molar-refractivity contribution in [2.45, 2.75) is 32.2 Å². The summed E-state index contributed by atoms with van der Waals surface area (Å²) in [5, 5.41) is 6.60. The molecule has 2 aromatic rings. The molecular formula is C26H31N3O5S. The molecule has 3 rings (SSSR count). The molecule has 0 bridgehead atoms. The fourth-order valence-corrected chi connectivity index (χ4v) is 4.24. The molecule has 2 N–H and O–H groups in total. The SMILES string of the molecule is COCCOc1cnccc1CNC1=C(C(=S)Nc2ccccc2)C(=O)CC(CCC(=O)OC)C1. The molecule has 0 saturated carbocycles. The minimum atomic E-state index is -0.280. The minimum Gasteiger partial charge on any atom is -0.489 e. The summed E-state index contributed by atoms with van der Waals surface area (Å²) in [6, 6.07) is 11.4. The summed E-state index contributed by atoms with van der Waals surface area (Å²) in [4.78, 5) is 29.4. The first-order valence-electron chi connectivity index (χ1n) is 11.5. The molecule has 0 radical (unpaired) electrons. The number of pyridine rings is 1. The number of ketones is 1. The largest absolute Gasteiger partial charge is 0.489 e. The molecule has 1 aliphatic carbocycles. The van der Waals surface area contributed by atoms with Crippen molar-refractivity contribution in [3.8, 4) is 5.75 Å². The molecule has 0 aliphatic heterocycles. The first-order chi connectivity index (χ1) is 17.0. The van der Waals surface area contributed by atoms with Gasteiger partial charge in [0.2, 0.25) is 0 Å². The van der Waals surface area contributed by atoms with Crippen LogP contribution in [0.4, 0.5) is 5.69 Å². The van der Waals surface area contributed by atoms with Crippen LogP contribution >= 0.6 is 12.2 Å². The van der Waals surface area contributed by atoms with Gasteiger partial charge in [0.1, 0.15) is 17.3 Å². The number of Topliss-reactive ketones (excluding diaryl/α,β-unsaturated/α-hetero) is 1. The lowest BCUT2D eigenvalue weighted by atomic mass is 9.83. The highest BCUT2D eigenvalue weighted by atomic mass is 32.1. The molecule has 35 heavy (non-hydrogen) atoms. The highest BCUT2D eigenvalue weighted by molar-refractivity contribution is 7.81. The molecule has 1 aromatic carbocycles. The van der Waals surface area contributed by atoms with E-state index < -0.39 is 0 Å². The van der Waals surface area contributed by atoms with Gasteiger partial charge in [0.25, 0.3) is 0 Å². The predicted octanol–water partition coefficient (Wildman–Crippen LogP) is 3.82. The molecule has 186 valence electrons. The molecule has 0 amide bonds.